The Kier molecular flexibility index (Phi) is 3.69. The van der Waals surface area contributed by atoms with Crippen molar-refractivity contribution in [2.75, 3.05) is 26.2 Å². The molecule has 1 saturated heterocycles. The van der Waals surface area contributed by atoms with Crippen molar-refractivity contribution in [1.29, 1.82) is 0 Å². The van der Waals surface area contributed by atoms with E-state index >= 15 is 0 Å². The summed E-state index contributed by atoms with van der Waals surface area (Å²) in [5.41, 5.74) is 0.691. The lowest BCUT2D eigenvalue weighted by molar-refractivity contribution is -0.134. The molecule has 0 radical (unpaired) electrons. The maximum atomic E-state index is 9.00. The van der Waals surface area contributed by atoms with Crippen LogP contribution in [0.2, 0.25) is 0 Å². The standard InChI is InChI=1S/C7H14N2.C2H4O2/c1-2-7(1)5-8-3-4-9-6-7;1-2(3)4/h8-9H,1-6H2;1H3,(H,3,4). The Balaban J connectivity index is 0.000000184. The van der Waals surface area contributed by atoms with E-state index in [4.69, 9.17) is 9.90 Å². The maximum Gasteiger partial charge on any atom is 0.300 e. The molecule has 1 saturated carbocycles. The minimum atomic E-state index is -0.833. The van der Waals surface area contributed by atoms with Gasteiger partial charge in [-0.3, -0.25) is 4.79 Å². The summed E-state index contributed by atoms with van der Waals surface area (Å²) in [6, 6.07) is 0. The van der Waals surface area contributed by atoms with Crippen LogP contribution in [-0.2, 0) is 4.79 Å². The molecular weight excluding hydrogens is 168 g/mol. The van der Waals surface area contributed by atoms with Crippen molar-refractivity contribution in [3.8, 4) is 0 Å². The van der Waals surface area contributed by atoms with Crippen LogP contribution in [0.25, 0.3) is 0 Å². The molecule has 1 aliphatic heterocycles. The summed E-state index contributed by atoms with van der Waals surface area (Å²) in [6.45, 7) is 5.89. The number of carbonyl (C=O) groups is 1. The summed E-state index contributed by atoms with van der Waals surface area (Å²) in [5.74, 6) is -0.833. The highest BCUT2D eigenvalue weighted by atomic mass is 16.4. The lowest BCUT2D eigenvalue weighted by atomic mass is 10.1. The third-order valence-corrected chi connectivity index (χ3v) is 2.44. The van der Waals surface area contributed by atoms with Crippen LogP contribution in [0.15, 0.2) is 0 Å². The number of nitrogens with one attached hydrogen (secondary N) is 2. The average Bonchev–Trinajstić information content (AvgIpc) is 2.80. The molecule has 1 aliphatic carbocycles. The summed E-state index contributed by atoms with van der Waals surface area (Å²) < 4.78 is 0. The highest BCUT2D eigenvalue weighted by Crippen LogP contribution is 2.44. The van der Waals surface area contributed by atoms with Crippen molar-refractivity contribution in [3.05, 3.63) is 0 Å². The van der Waals surface area contributed by atoms with E-state index in [1.165, 1.54) is 25.9 Å². The van der Waals surface area contributed by atoms with E-state index in [-0.39, 0.29) is 0 Å². The van der Waals surface area contributed by atoms with E-state index in [2.05, 4.69) is 10.6 Å². The summed E-state index contributed by atoms with van der Waals surface area (Å²) in [5, 5.41) is 14.3. The van der Waals surface area contributed by atoms with Crippen molar-refractivity contribution in [1.82, 2.24) is 10.6 Å². The first-order chi connectivity index (χ1) is 6.15. The predicted molar refractivity (Wildman–Crippen MR) is 50.7 cm³/mol. The van der Waals surface area contributed by atoms with Gasteiger partial charge in [0.2, 0.25) is 0 Å². The molecule has 3 N–H and O–H groups in total. The average molecular weight is 186 g/mol. The van der Waals surface area contributed by atoms with Gasteiger partial charge < -0.3 is 15.7 Å². The van der Waals surface area contributed by atoms with Crippen molar-refractivity contribution in [2.45, 2.75) is 19.8 Å². The van der Waals surface area contributed by atoms with Crippen LogP contribution in [0.1, 0.15) is 19.8 Å². The lowest BCUT2D eigenvalue weighted by Crippen LogP contribution is -2.24. The number of hydrogen-bond acceptors (Lipinski definition) is 3. The second-order valence-electron chi connectivity index (χ2n) is 3.87. The Bertz CT molecular complexity index is 164. The normalized spacial score (nSPS) is 24.1. The minimum absolute atomic E-state index is 0.691. The first kappa shape index (κ1) is 10.5. The molecular formula is C9H18N2O2. The largest absolute Gasteiger partial charge is 0.481 e. The van der Waals surface area contributed by atoms with Gasteiger partial charge in [0.15, 0.2) is 0 Å². The molecule has 1 spiro atoms. The fraction of sp³-hybridized carbons (Fsp3) is 0.889. The molecule has 0 aromatic heterocycles. The van der Waals surface area contributed by atoms with Crippen LogP contribution in [0.4, 0.5) is 0 Å². The van der Waals surface area contributed by atoms with E-state index in [1.54, 1.807) is 0 Å². The molecule has 2 fully saturated rings. The van der Waals surface area contributed by atoms with Gasteiger partial charge in [-0.15, -0.1) is 0 Å². The van der Waals surface area contributed by atoms with Gasteiger partial charge in [-0.1, -0.05) is 0 Å². The Morgan fingerprint density at radius 1 is 1.23 bits per heavy atom. The minimum Gasteiger partial charge on any atom is -0.481 e. The van der Waals surface area contributed by atoms with Gasteiger partial charge in [-0.05, 0) is 18.3 Å². The summed E-state index contributed by atoms with van der Waals surface area (Å²) >= 11 is 0. The van der Waals surface area contributed by atoms with Gasteiger partial charge in [-0.25, -0.2) is 0 Å². The maximum absolute atomic E-state index is 9.00. The number of aliphatic carboxylic acids is 1. The van der Waals surface area contributed by atoms with Crippen LogP contribution in [0.5, 0.6) is 0 Å². The summed E-state index contributed by atoms with van der Waals surface area (Å²) in [7, 11) is 0. The molecule has 0 amide bonds. The van der Waals surface area contributed by atoms with Gasteiger partial charge in [0, 0.05) is 33.1 Å². The Morgan fingerprint density at radius 2 is 1.62 bits per heavy atom. The van der Waals surface area contributed by atoms with Crippen LogP contribution < -0.4 is 10.6 Å². The van der Waals surface area contributed by atoms with E-state index < -0.39 is 5.97 Å². The second-order valence-corrected chi connectivity index (χ2v) is 3.87. The topological polar surface area (TPSA) is 61.4 Å². The molecule has 13 heavy (non-hydrogen) atoms. The van der Waals surface area contributed by atoms with Crippen LogP contribution >= 0.6 is 0 Å². The highest BCUT2D eigenvalue weighted by molar-refractivity contribution is 5.62. The molecule has 76 valence electrons. The highest BCUT2D eigenvalue weighted by Gasteiger charge is 2.42. The fourth-order valence-corrected chi connectivity index (χ4v) is 1.48. The second kappa shape index (κ2) is 4.58. The zero-order valence-electron chi connectivity index (χ0n) is 8.10. The summed E-state index contributed by atoms with van der Waals surface area (Å²) in [4.78, 5) is 9.00. The van der Waals surface area contributed by atoms with E-state index in [0.29, 0.717) is 5.41 Å². The molecule has 0 atom stereocenters. The smallest absolute Gasteiger partial charge is 0.300 e. The van der Waals surface area contributed by atoms with Gasteiger partial charge in [0.1, 0.15) is 0 Å². The molecule has 0 aromatic carbocycles. The molecule has 2 aliphatic rings. The Labute approximate surface area is 78.7 Å². The fourth-order valence-electron chi connectivity index (χ4n) is 1.48. The van der Waals surface area contributed by atoms with Gasteiger partial charge >= 0.3 is 0 Å². The molecule has 0 aromatic rings. The Hall–Kier alpha value is -0.610. The zero-order valence-corrected chi connectivity index (χ0v) is 8.10. The Morgan fingerprint density at radius 3 is 1.92 bits per heavy atom. The molecule has 0 unspecified atom stereocenters. The number of carboxylic acid groups (broad SMARTS) is 1. The van der Waals surface area contributed by atoms with Gasteiger partial charge in [0.05, 0.1) is 0 Å². The number of hydrogen-bond donors (Lipinski definition) is 3. The van der Waals surface area contributed by atoms with Crippen LogP contribution in [-0.4, -0.2) is 37.3 Å². The van der Waals surface area contributed by atoms with E-state index in [0.717, 1.165) is 20.0 Å². The molecule has 0 bridgehead atoms. The third kappa shape index (κ3) is 4.24. The van der Waals surface area contributed by atoms with Crippen molar-refractivity contribution >= 4 is 5.97 Å². The van der Waals surface area contributed by atoms with Gasteiger partial charge in [0.25, 0.3) is 5.97 Å². The number of rotatable bonds is 0. The number of carboxylic acids is 1. The summed E-state index contributed by atoms with van der Waals surface area (Å²) in [6.07, 6.45) is 2.88. The first-order valence-corrected chi connectivity index (χ1v) is 4.76. The monoisotopic (exact) mass is 186 g/mol. The zero-order chi connectivity index (χ0) is 9.73. The van der Waals surface area contributed by atoms with E-state index in [9.17, 15) is 0 Å². The van der Waals surface area contributed by atoms with Crippen LogP contribution in [0.3, 0.4) is 0 Å². The SMILES string of the molecule is C1CNCC2(CC2)CN1.CC(=O)O. The third-order valence-electron chi connectivity index (χ3n) is 2.44. The molecule has 2 rings (SSSR count). The first-order valence-electron chi connectivity index (χ1n) is 4.76. The predicted octanol–water partition coefficient (Wildman–Crippen LogP) is 0.0503. The van der Waals surface area contributed by atoms with Crippen LogP contribution in [0, 0.1) is 5.41 Å². The van der Waals surface area contributed by atoms with Crippen molar-refractivity contribution < 1.29 is 9.90 Å². The molecule has 1 heterocycles. The van der Waals surface area contributed by atoms with Gasteiger partial charge in [-0.2, -0.15) is 0 Å². The quantitative estimate of drug-likeness (QED) is 0.500. The molecule has 4 nitrogen and oxygen atoms in total. The van der Waals surface area contributed by atoms with Crippen molar-refractivity contribution in [2.24, 2.45) is 5.41 Å². The lowest BCUT2D eigenvalue weighted by Gasteiger charge is -2.09. The van der Waals surface area contributed by atoms with E-state index in [1.807, 2.05) is 0 Å². The molecule has 4 heteroatoms. The van der Waals surface area contributed by atoms with Crippen molar-refractivity contribution in [3.63, 3.8) is 0 Å².